The standard InChI is InChI=1S/C11H16FN3O2S/c1-13-11(14-2)15-7-8-18(16,17)10-5-3-9(12)4-6-10/h3-6H,7-8H2,1-2H3,(H2,13,14,15). The molecule has 0 radical (unpaired) electrons. The van der Waals surface area contributed by atoms with Crippen LogP contribution in [-0.4, -0.2) is 40.8 Å². The van der Waals surface area contributed by atoms with Crippen molar-refractivity contribution in [3.63, 3.8) is 0 Å². The van der Waals surface area contributed by atoms with Crippen LogP contribution in [0, 0.1) is 5.82 Å². The first-order valence-electron chi connectivity index (χ1n) is 5.36. The first-order chi connectivity index (χ1) is 8.49. The Balaban J connectivity index is 2.63. The van der Waals surface area contributed by atoms with Crippen molar-refractivity contribution in [1.29, 1.82) is 0 Å². The summed E-state index contributed by atoms with van der Waals surface area (Å²) in [4.78, 5) is 3.98. The van der Waals surface area contributed by atoms with Gasteiger partial charge >= 0.3 is 0 Å². The lowest BCUT2D eigenvalue weighted by Crippen LogP contribution is -2.37. The topological polar surface area (TPSA) is 70.6 Å². The molecule has 0 atom stereocenters. The Bertz CT molecular complexity index is 512. The van der Waals surface area contributed by atoms with Crippen LogP contribution >= 0.6 is 0 Å². The van der Waals surface area contributed by atoms with Gasteiger partial charge in [-0.25, -0.2) is 12.8 Å². The van der Waals surface area contributed by atoms with Crippen LogP contribution in [0.15, 0.2) is 34.2 Å². The number of nitrogens with zero attached hydrogens (tertiary/aromatic N) is 1. The Morgan fingerprint density at radius 1 is 1.33 bits per heavy atom. The third-order valence-corrected chi connectivity index (χ3v) is 4.03. The predicted molar refractivity (Wildman–Crippen MR) is 68.9 cm³/mol. The summed E-state index contributed by atoms with van der Waals surface area (Å²) in [6, 6.07) is 4.79. The fraction of sp³-hybridized carbons (Fsp3) is 0.364. The minimum atomic E-state index is -3.40. The van der Waals surface area contributed by atoms with Gasteiger partial charge in [0, 0.05) is 20.6 Å². The van der Waals surface area contributed by atoms with Crippen LogP contribution in [-0.2, 0) is 9.84 Å². The highest BCUT2D eigenvalue weighted by molar-refractivity contribution is 7.91. The van der Waals surface area contributed by atoms with Crippen LogP contribution in [0.2, 0.25) is 0 Å². The highest BCUT2D eigenvalue weighted by Crippen LogP contribution is 2.11. The van der Waals surface area contributed by atoms with E-state index in [-0.39, 0.29) is 17.2 Å². The fourth-order valence-electron chi connectivity index (χ4n) is 1.34. The van der Waals surface area contributed by atoms with Gasteiger partial charge in [-0.1, -0.05) is 0 Å². The normalized spacial score (nSPS) is 12.3. The van der Waals surface area contributed by atoms with Crippen molar-refractivity contribution < 1.29 is 12.8 Å². The van der Waals surface area contributed by atoms with Gasteiger partial charge in [0.2, 0.25) is 0 Å². The molecule has 2 N–H and O–H groups in total. The molecule has 1 aromatic carbocycles. The second-order valence-electron chi connectivity index (χ2n) is 3.52. The summed E-state index contributed by atoms with van der Waals surface area (Å²) in [6.45, 7) is 0.229. The van der Waals surface area contributed by atoms with Crippen molar-refractivity contribution in [3.05, 3.63) is 30.1 Å². The first kappa shape index (κ1) is 14.4. The molecule has 0 aromatic heterocycles. The second-order valence-corrected chi connectivity index (χ2v) is 5.63. The molecular formula is C11H16FN3O2S. The summed E-state index contributed by atoms with van der Waals surface area (Å²) >= 11 is 0. The molecule has 0 spiro atoms. The predicted octanol–water partition coefficient (Wildman–Crippen LogP) is 0.394. The van der Waals surface area contributed by atoms with Crippen LogP contribution in [0.1, 0.15) is 0 Å². The van der Waals surface area contributed by atoms with Gasteiger partial charge in [0.15, 0.2) is 15.8 Å². The number of aliphatic imine (C=N–C) groups is 1. The average molecular weight is 273 g/mol. The number of halogens is 1. The summed E-state index contributed by atoms with van der Waals surface area (Å²) in [5.74, 6) is -0.0220. The van der Waals surface area contributed by atoms with Gasteiger partial charge < -0.3 is 10.6 Å². The van der Waals surface area contributed by atoms with Gasteiger partial charge in [-0.2, -0.15) is 0 Å². The zero-order valence-electron chi connectivity index (χ0n) is 10.3. The van der Waals surface area contributed by atoms with E-state index in [0.29, 0.717) is 5.96 Å². The quantitative estimate of drug-likeness (QED) is 0.473. The van der Waals surface area contributed by atoms with Gasteiger partial charge in [-0.3, -0.25) is 4.99 Å². The van der Waals surface area contributed by atoms with Crippen LogP contribution in [0.3, 0.4) is 0 Å². The SMILES string of the molecule is CN=C(NC)NCCS(=O)(=O)c1ccc(F)cc1. The second kappa shape index (κ2) is 6.34. The van der Waals surface area contributed by atoms with E-state index < -0.39 is 15.7 Å². The van der Waals surface area contributed by atoms with E-state index in [1.54, 1.807) is 14.1 Å². The van der Waals surface area contributed by atoms with Crippen LogP contribution in [0.5, 0.6) is 0 Å². The zero-order valence-corrected chi connectivity index (χ0v) is 11.1. The molecule has 7 heteroatoms. The van der Waals surface area contributed by atoms with Crippen molar-refractivity contribution in [3.8, 4) is 0 Å². The van der Waals surface area contributed by atoms with Crippen LogP contribution in [0.4, 0.5) is 4.39 Å². The maximum Gasteiger partial charge on any atom is 0.190 e. The van der Waals surface area contributed by atoms with Gasteiger partial charge in [0.25, 0.3) is 0 Å². The Labute approximate surface area is 106 Å². The Morgan fingerprint density at radius 3 is 2.44 bits per heavy atom. The molecule has 0 unspecified atom stereocenters. The number of hydrogen-bond donors (Lipinski definition) is 2. The molecule has 100 valence electrons. The maximum absolute atomic E-state index is 12.7. The summed E-state index contributed by atoms with van der Waals surface area (Å²) in [5, 5.41) is 5.62. The number of sulfone groups is 1. The monoisotopic (exact) mass is 273 g/mol. The molecule has 5 nitrogen and oxygen atoms in total. The molecule has 0 aliphatic carbocycles. The van der Waals surface area contributed by atoms with E-state index in [4.69, 9.17) is 0 Å². The van der Waals surface area contributed by atoms with Crippen LogP contribution in [0.25, 0.3) is 0 Å². The molecule has 0 heterocycles. The van der Waals surface area contributed by atoms with E-state index in [2.05, 4.69) is 15.6 Å². The average Bonchev–Trinajstić information content (AvgIpc) is 2.35. The molecule has 1 aromatic rings. The Morgan fingerprint density at radius 2 is 1.94 bits per heavy atom. The van der Waals surface area contributed by atoms with Gasteiger partial charge in [-0.05, 0) is 24.3 Å². The third-order valence-electron chi connectivity index (χ3n) is 2.30. The number of hydrogen-bond acceptors (Lipinski definition) is 3. The molecular weight excluding hydrogens is 257 g/mol. The number of nitrogens with one attached hydrogen (secondary N) is 2. The first-order valence-corrected chi connectivity index (χ1v) is 7.01. The number of benzene rings is 1. The van der Waals surface area contributed by atoms with Crippen molar-refractivity contribution in [2.24, 2.45) is 4.99 Å². The zero-order chi connectivity index (χ0) is 13.6. The molecule has 0 aliphatic heterocycles. The number of guanidine groups is 1. The molecule has 0 bridgehead atoms. The van der Waals surface area contributed by atoms with E-state index in [0.717, 1.165) is 12.1 Å². The Kier molecular flexibility index (Phi) is 5.08. The largest absolute Gasteiger partial charge is 0.359 e. The van der Waals surface area contributed by atoms with Gasteiger partial charge in [-0.15, -0.1) is 0 Å². The summed E-state index contributed by atoms with van der Waals surface area (Å²) in [6.07, 6.45) is 0. The van der Waals surface area contributed by atoms with Crippen molar-refractivity contribution in [2.75, 3.05) is 26.4 Å². The highest BCUT2D eigenvalue weighted by Gasteiger charge is 2.14. The maximum atomic E-state index is 12.7. The van der Waals surface area contributed by atoms with Crippen molar-refractivity contribution in [2.45, 2.75) is 4.90 Å². The molecule has 18 heavy (non-hydrogen) atoms. The molecule has 0 fully saturated rings. The van der Waals surface area contributed by atoms with Gasteiger partial charge in [0.1, 0.15) is 5.82 Å². The van der Waals surface area contributed by atoms with Crippen molar-refractivity contribution >= 4 is 15.8 Å². The smallest absolute Gasteiger partial charge is 0.190 e. The fourth-order valence-corrected chi connectivity index (χ4v) is 2.50. The minimum Gasteiger partial charge on any atom is -0.359 e. The molecule has 0 aliphatic rings. The lowest BCUT2D eigenvalue weighted by Gasteiger charge is -2.08. The van der Waals surface area contributed by atoms with Crippen molar-refractivity contribution in [1.82, 2.24) is 10.6 Å². The van der Waals surface area contributed by atoms with E-state index in [9.17, 15) is 12.8 Å². The lowest BCUT2D eigenvalue weighted by atomic mass is 10.4. The Hall–Kier alpha value is -1.63. The van der Waals surface area contributed by atoms with E-state index in [1.807, 2.05) is 0 Å². The third kappa shape index (κ3) is 3.99. The summed E-state index contributed by atoms with van der Waals surface area (Å²) < 4.78 is 36.5. The molecule has 1 rings (SSSR count). The minimum absolute atomic E-state index is 0.0840. The highest BCUT2D eigenvalue weighted by atomic mass is 32.2. The molecule has 0 amide bonds. The van der Waals surface area contributed by atoms with Gasteiger partial charge in [0.05, 0.1) is 10.6 Å². The summed E-state index contributed by atoms with van der Waals surface area (Å²) in [7, 11) is -0.126. The van der Waals surface area contributed by atoms with E-state index in [1.165, 1.54) is 12.1 Å². The molecule has 0 saturated heterocycles. The summed E-state index contributed by atoms with van der Waals surface area (Å²) in [5.41, 5.74) is 0. The number of rotatable bonds is 4. The van der Waals surface area contributed by atoms with Crippen LogP contribution < -0.4 is 10.6 Å². The van der Waals surface area contributed by atoms with E-state index >= 15 is 0 Å². The molecule has 0 saturated carbocycles. The lowest BCUT2D eigenvalue weighted by molar-refractivity contribution is 0.593.